The Kier molecular flexibility index (Phi) is 3.40. The average molecular weight is 363 g/mol. The molecule has 0 bridgehead atoms. The summed E-state index contributed by atoms with van der Waals surface area (Å²) in [5.74, 6) is 1.57. The molecule has 0 radical (unpaired) electrons. The van der Waals surface area contributed by atoms with Gasteiger partial charge in [-0.3, -0.25) is 4.99 Å². The van der Waals surface area contributed by atoms with Gasteiger partial charge in [0.15, 0.2) is 5.76 Å². The standard InChI is InChI=1S/C21H15ClN2O2/c1-25-16-6-7-17-14(9-16)12-26-21(17)20-18-3-2-8-24(18)19-10-15(22)5-4-13(19)11-23-20/h2-10,12H,11H2,1H3. The highest BCUT2D eigenvalue weighted by molar-refractivity contribution is 6.30. The Morgan fingerprint density at radius 3 is 2.96 bits per heavy atom. The van der Waals surface area contributed by atoms with Crippen LogP contribution in [0, 0.1) is 0 Å². The van der Waals surface area contributed by atoms with E-state index in [0.717, 1.165) is 44.9 Å². The normalized spacial score (nSPS) is 13.1. The summed E-state index contributed by atoms with van der Waals surface area (Å²) in [5.41, 5.74) is 3.99. The van der Waals surface area contributed by atoms with Gasteiger partial charge in [-0.05, 0) is 48.0 Å². The number of methoxy groups -OCH3 is 1. The highest BCUT2D eigenvalue weighted by Gasteiger charge is 2.22. The molecule has 4 nitrogen and oxygen atoms in total. The molecule has 5 rings (SSSR count). The third-order valence-electron chi connectivity index (χ3n) is 4.73. The molecule has 0 spiro atoms. The van der Waals surface area contributed by atoms with Crippen molar-refractivity contribution in [3.8, 4) is 11.4 Å². The van der Waals surface area contributed by atoms with Crippen molar-refractivity contribution in [2.45, 2.75) is 6.54 Å². The van der Waals surface area contributed by atoms with Gasteiger partial charge in [-0.15, -0.1) is 0 Å². The molecule has 0 aliphatic carbocycles. The molecule has 26 heavy (non-hydrogen) atoms. The quantitative estimate of drug-likeness (QED) is 0.489. The van der Waals surface area contributed by atoms with E-state index in [1.165, 1.54) is 0 Å². The monoisotopic (exact) mass is 362 g/mol. The molecular formula is C21H15ClN2O2. The van der Waals surface area contributed by atoms with Crippen molar-refractivity contribution in [3.63, 3.8) is 0 Å². The first kappa shape index (κ1) is 15.3. The van der Waals surface area contributed by atoms with E-state index in [4.69, 9.17) is 25.7 Å². The van der Waals surface area contributed by atoms with Crippen molar-refractivity contribution in [2.24, 2.45) is 4.99 Å². The first-order valence-corrected chi connectivity index (χ1v) is 8.69. The number of hydrogen-bond acceptors (Lipinski definition) is 3. The first-order chi connectivity index (χ1) is 12.7. The van der Waals surface area contributed by atoms with Crippen LogP contribution in [0.4, 0.5) is 0 Å². The fourth-order valence-electron chi connectivity index (χ4n) is 3.45. The van der Waals surface area contributed by atoms with Gasteiger partial charge in [0.2, 0.25) is 0 Å². The molecule has 0 saturated carbocycles. The Hall–Kier alpha value is -2.98. The largest absolute Gasteiger partial charge is 0.497 e. The number of aliphatic imine (C=N–C) groups is 1. The SMILES string of the molecule is COc1ccc2c(C3=NCc4ccc(Cl)cc4-n4cccc43)occ2c1. The molecule has 1 aliphatic rings. The first-order valence-electron chi connectivity index (χ1n) is 8.31. The van der Waals surface area contributed by atoms with Crippen LogP contribution in [0.2, 0.25) is 5.02 Å². The van der Waals surface area contributed by atoms with Crippen molar-refractivity contribution in [1.29, 1.82) is 0 Å². The van der Waals surface area contributed by atoms with E-state index in [1.54, 1.807) is 13.4 Å². The van der Waals surface area contributed by atoms with Crippen LogP contribution in [0.3, 0.4) is 0 Å². The molecule has 2 aromatic heterocycles. The Balaban J connectivity index is 1.72. The minimum absolute atomic E-state index is 0.571. The van der Waals surface area contributed by atoms with Crippen molar-refractivity contribution in [3.05, 3.63) is 83.0 Å². The molecule has 0 amide bonds. The number of rotatable bonds is 2. The van der Waals surface area contributed by atoms with Crippen LogP contribution in [0.25, 0.3) is 16.5 Å². The van der Waals surface area contributed by atoms with Crippen molar-refractivity contribution in [1.82, 2.24) is 4.57 Å². The number of fused-ring (bicyclic) bond motifs is 4. The van der Waals surface area contributed by atoms with Crippen molar-refractivity contribution >= 4 is 28.1 Å². The minimum atomic E-state index is 0.571. The number of hydrogen-bond donors (Lipinski definition) is 0. The van der Waals surface area contributed by atoms with Gasteiger partial charge in [0.25, 0.3) is 0 Å². The van der Waals surface area contributed by atoms with Gasteiger partial charge in [-0.2, -0.15) is 0 Å². The van der Waals surface area contributed by atoms with E-state index in [9.17, 15) is 0 Å². The zero-order chi connectivity index (χ0) is 17.7. The minimum Gasteiger partial charge on any atom is -0.497 e. The van der Waals surface area contributed by atoms with Gasteiger partial charge in [0, 0.05) is 22.0 Å². The van der Waals surface area contributed by atoms with Gasteiger partial charge >= 0.3 is 0 Å². The fourth-order valence-corrected chi connectivity index (χ4v) is 3.62. The van der Waals surface area contributed by atoms with Crippen LogP contribution in [0.5, 0.6) is 5.75 Å². The van der Waals surface area contributed by atoms with Crippen molar-refractivity contribution in [2.75, 3.05) is 7.11 Å². The van der Waals surface area contributed by atoms with Crippen LogP contribution in [-0.4, -0.2) is 17.4 Å². The number of ether oxygens (including phenoxy) is 1. The molecule has 128 valence electrons. The molecule has 5 heteroatoms. The van der Waals surface area contributed by atoms with E-state index in [0.29, 0.717) is 11.6 Å². The number of nitrogens with zero attached hydrogens (tertiary/aromatic N) is 2. The van der Waals surface area contributed by atoms with Crippen LogP contribution in [0.15, 0.2) is 70.4 Å². The van der Waals surface area contributed by atoms with Crippen LogP contribution in [-0.2, 0) is 6.54 Å². The molecule has 0 unspecified atom stereocenters. The summed E-state index contributed by atoms with van der Waals surface area (Å²) >= 11 is 6.22. The molecule has 2 aromatic carbocycles. The molecular weight excluding hydrogens is 348 g/mol. The Morgan fingerprint density at radius 2 is 2.08 bits per heavy atom. The third-order valence-corrected chi connectivity index (χ3v) is 4.96. The highest BCUT2D eigenvalue weighted by atomic mass is 35.5. The highest BCUT2D eigenvalue weighted by Crippen LogP contribution is 2.31. The Morgan fingerprint density at radius 1 is 1.15 bits per heavy atom. The molecule has 0 N–H and O–H groups in total. The van der Waals surface area contributed by atoms with Crippen molar-refractivity contribution < 1.29 is 9.15 Å². The summed E-state index contributed by atoms with van der Waals surface area (Å²) in [6, 6.07) is 15.9. The zero-order valence-electron chi connectivity index (χ0n) is 14.1. The second-order valence-electron chi connectivity index (χ2n) is 6.22. The number of aromatic nitrogens is 1. The summed E-state index contributed by atoms with van der Waals surface area (Å²) in [4.78, 5) is 4.87. The fraction of sp³-hybridized carbons (Fsp3) is 0.0952. The topological polar surface area (TPSA) is 39.7 Å². The maximum atomic E-state index is 6.22. The maximum absolute atomic E-state index is 6.22. The summed E-state index contributed by atoms with van der Waals surface area (Å²) in [6.07, 6.45) is 3.78. The Bertz CT molecular complexity index is 1170. The summed E-state index contributed by atoms with van der Waals surface area (Å²) in [7, 11) is 1.66. The van der Waals surface area contributed by atoms with Gasteiger partial charge in [-0.25, -0.2) is 0 Å². The van der Waals surface area contributed by atoms with Gasteiger partial charge in [0.05, 0.1) is 31.3 Å². The lowest BCUT2D eigenvalue weighted by Crippen LogP contribution is -2.07. The lowest BCUT2D eigenvalue weighted by molar-refractivity contribution is 0.415. The van der Waals surface area contributed by atoms with E-state index in [1.807, 2.05) is 54.7 Å². The third kappa shape index (κ3) is 2.26. The lowest BCUT2D eigenvalue weighted by atomic mass is 10.1. The second-order valence-corrected chi connectivity index (χ2v) is 6.66. The van der Waals surface area contributed by atoms with E-state index < -0.39 is 0 Å². The van der Waals surface area contributed by atoms with E-state index >= 15 is 0 Å². The Labute approximate surface area is 155 Å². The van der Waals surface area contributed by atoms with Gasteiger partial charge in [0.1, 0.15) is 11.5 Å². The van der Waals surface area contributed by atoms with Crippen LogP contribution < -0.4 is 4.74 Å². The molecule has 4 aromatic rings. The lowest BCUT2D eigenvalue weighted by Gasteiger charge is -2.10. The number of benzene rings is 2. The molecule has 0 atom stereocenters. The van der Waals surface area contributed by atoms with Crippen LogP contribution in [0.1, 0.15) is 17.0 Å². The van der Waals surface area contributed by atoms with E-state index in [-0.39, 0.29) is 0 Å². The van der Waals surface area contributed by atoms with E-state index in [2.05, 4.69) is 4.57 Å². The average Bonchev–Trinajstić information content (AvgIpc) is 3.27. The molecule has 0 fully saturated rings. The maximum Gasteiger partial charge on any atom is 0.161 e. The van der Waals surface area contributed by atoms with Crippen LogP contribution >= 0.6 is 11.6 Å². The second kappa shape index (κ2) is 5.78. The molecule has 1 aliphatic heterocycles. The van der Waals surface area contributed by atoms with Gasteiger partial charge in [-0.1, -0.05) is 17.7 Å². The number of furan rings is 1. The van der Waals surface area contributed by atoms with Gasteiger partial charge < -0.3 is 13.7 Å². The molecule has 3 heterocycles. The summed E-state index contributed by atoms with van der Waals surface area (Å²) in [6.45, 7) is 0.571. The number of halogens is 1. The molecule has 0 saturated heterocycles. The summed E-state index contributed by atoms with van der Waals surface area (Å²) in [5, 5.41) is 2.72. The summed E-state index contributed by atoms with van der Waals surface area (Å²) < 4.78 is 13.4. The zero-order valence-corrected chi connectivity index (χ0v) is 14.8. The predicted molar refractivity (Wildman–Crippen MR) is 103 cm³/mol. The predicted octanol–water partition coefficient (Wildman–Crippen LogP) is 5.24. The smallest absolute Gasteiger partial charge is 0.161 e.